The molecule has 1 aromatic carbocycles. The summed E-state index contributed by atoms with van der Waals surface area (Å²) >= 11 is 0. The van der Waals surface area contributed by atoms with E-state index in [4.69, 9.17) is 4.74 Å². The van der Waals surface area contributed by atoms with Crippen molar-refractivity contribution < 1.29 is 14.5 Å². The Labute approximate surface area is 106 Å². The van der Waals surface area contributed by atoms with E-state index in [1.54, 1.807) is 0 Å². The van der Waals surface area contributed by atoms with Crippen molar-refractivity contribution in [2.24, 2.45) is 0 Å². The number of nitro groups is 1. The predicted octanol–water partition coefficient (Wildman–Crippen LogP) is 0.974. The summed E-state index contributed by atoms with van der Waals surface area (Å²) in [5.41, 5.74) is -0.352. The molecule has 0 aliphatic carbocycles. The number of benzene rings is 1. The largest absolute Gasteiger partial charge is 0.466 e. The number of amides is 1. The molecule has 0 saturated carbocycles. The number of ether oxygens (including phenoxy) is 1. The third-order valence-corrected chi connectivity index (χ3v) is 2.22. The number of aromatic nitrogens is 3. The van der Waals surface area contributed by atoms with Gasteiger partial charge in [-0.1, -0.05) is 12.1 Å². The zero-order chi connectivity index (χ0) is 13.8. The molecule has 2 aromatic rings. The smallest absolute Gasteiger partial charge is 0.336 e. The van der Waals surface area contributed by atoms with Crippen molar-refractivity contribution >= 4 is 17.5 Å². The Kier molecular flexibility index (Phi) is 3.37. The normalized spacial score (nSPS) is 9.95. The second-order valence-corrected chi connectivity index (χ2v) is 3.40. The average molecular weight is 263 g/mol. The van der Waals surface area contributed by atoms with Gasteiger partial charge in [0.05, 0.1) is 12.0 Å². The van der Waals surface area contributed by atoms with Gasteiger partial charge < -0.3 is 4.74 Å². The minimum Gasteiger partial charge on any atom is -0.466 e. The van der Waals surface area contributed by atoms with Gasteiger partial charge in [-0.15, -0.1) is 5.10 Å². The Bertz CT molecular complexity index is 624. The van der Waals surface area contributed by atoms with E-state index in [1.165, 1.54) is 31.4 Å². The van der Waals surface area contributed by atoms with E-state index in [2.05, 4.69) is 20.5 Å². The lowest BCUT2D eigenvalue weighted by atomic mass is 10.1. The molecule has 1 amide bonds. The molecule has 0 bridgehead atoms. The van der Waals surface area contributed by atoms with Gasteiger partial charge in [-0.25, -0.2) is 5.10 Å². The third-order valence-electron chi connectivity index (χ3n) is 2.22. The average Bonchev–Trinajstić information content (AvgIpc) is 2.86. The zero-order valence-electron chi connectivity index (χ0n) is 9.78. The van der Waals surface area contributed by atoms with Crippen LogP contribution in [0.25, 0.3) is 0 Å². The number of anilines is 1. The first-order valence-corrected chi connectivity index (χ1v) is 5.13. The first kappa shape index (κ1) is 12.5. The highest BCUT2D eigenvalue weighted by molar-refractivity contribution is 6.06. The van der Waals surface area contributed by atoms with Crippen molar-refractivity contribution in [1.29, 1.82) is 0 Å². The van der Waals surface area contributed by atoms with Crippen molar-refractivity contribution in [3.05, 3.63) is 39.9 Å². The number of hydrogen-bond acceptors (Lipinski definition) is 6. The lowest BCUT2D eigenvalue weighted by Gasteiger charge is -2.02. The zero-order valence-corrected chi connectivity index (χ0v) is 9.78. The van der Waals surface area contributed by atoms with Gasteiger partial charge in [0.2, 0.25) is 5.95 Å². The SMILES string of the molecule is COc1n[nH]c(NC(=O)c2ccccc2[N+](=O)[O-])n1. The van der Waals surface area contributed by atoms with Crippen LogP contribution in [0, 0.1) is 10.1 Å². The fraction of sp³-hybridized carbons (Fsp3) is 0.100. The Balaban J connectivity index is 2.22. The van der Waals surface area contributed by atoms with E-state index < -0.39 is 10.8 Å². The number of rotatable bonds is 4. The van der Waals surface area contributed by atoms with Crippen LogP contribution in [0.4, 0.5) is 11.6 Å². The van der Waals surface area contributed by atoms with Crippen molar-refractivity contribution in [3.63, 3.8) is 0 Å². The maximum absolute atomic E-state index is 11.9. The van der Waals surface area contributed by atoms with Crippen molar-refractivity contribution in [1.82, 2.24) is 15.2 Å². The van der Waals surface area contributed by atoms with Gasteiger partial charge in [-0.2, -0.15) is 4.98 Å². The minimum atomic E-state index is -0.661. The Morgan fingerprint density at radius 3 is 2.84 bits per heavy atom. The first-order valence-electron chi connectivity index (χ1n) is 5.13. The van der Waals surface area contributed by atoms with Crippen LogP contribution in [0.1, 0.15) is 10.4 Å². The van der Waals surface area contributed by atoms with Gasteiger partial charge in [0.15, 0.2) is 0 Å². The minimum absolute atomic E-state index is 0.0417. The summed E-state index contributed by atoms with van der Waals surface area (Å²) in [6.45, 7) is 0. The maximum atomic E-state index is 11.9. The van der Waals surface area contributed by atoms with E-state index in [0.29, 0.717) is 0 Å². The highest BCUT2D eigenvalue weighted by Crippen LogP contribution is 2.18. The van der Waals surface area contributed by atoms with Crippen LogP contribution in [0.15, 0.2) is 24.3 Å². The second kappa shape index (κ2) is 5.12. The molecule has 1 aromatic heterocycles. The fourth-order valence-corrected chi connectivity index (χ4v) is 1.39. The lowest BCUT2D eigenvalue weighted by Crippen LogP contribution is -2.14. The van der Waals surface area contributed by atoms with Crippen LogP contribution in [0.2, 0.25) is 0 Å². The summed E-state index contributed by atoms with van der Waals surface area (Å²) in [5, 5.41) is 19.2. The Morgan fingerprint density at radius 2 is 2.21 bits per heavy atom. The molecule has 0 atom stereocenters. The molecular weight excluding hydrogens is 254 g/mol. The quantitative estimate of drug-likeness (QED) is 0.625. The van der Waals surface area contributed by atoms with Gasteiger partial charge >= 0.3 is 6.01 Å². The summed E-state index contributed by atoms with van der Waals surface area (Å²) in [6, 6.07) is 5.66. The van der Waals surface area contributed by atoms with E-state index in [1.807, 2.05) is 0 Å². The number of nitrogens with one attached hydrogen (secondary N) is 2. The van der Waals surface area contributed by atoms with Crippen LogP contribution in [0.5, 0.6) is 6.01 Å². The molecular formula is C10H9N5O4. The molecule has 0 radical (unpaired) electrons. The molecule has 0 saturated heterocycles. The lowest BCUT2D eigenvalue weighted by molar-refractivity contribution is -0.385. The number of para-hydroxylation sites is 1. The number of carbonyl (C=O) groups excluding carboxylic acids is 1. The van der Waals surface area contributed by atoms with Crippen molar-refractivity contribution in [2.75, 3.05) is 12.4 Å². The summed E-state index contributed by atoms with van der Waals surface area (Å²) in [5.74, 6) is -0.619. The highest BCUT2D eigenvalue weighted by atomic mass is 16.6. The van der Waals surface area contributed by atoms with Gasteiger partial charge in [0, 0.05) is 6.07 Å². The molecule has 9 nitrogen and oxygen atoms in total. The molecule has 0 unspecified atom stereocenters. The monoisotopic (exact) mass is 263 g/mol. The number of nitrogens with zero attached hydrogens (tertiary/aromatic N) is 3. The molecule has 0 spiro atoms. The van der Waals surface area contributed by atoms with Gasteiger partial charge in [0.25, 0.3) is 11.6 Å². The Morgan fingerprint density at radius 1 is 1.47 bits per heavy atom. The van der Waals surface area contributed by atoms with E-state index >= 15 is 0 Å². The molecule has 19 heavy (non-hydrogen) atoms. The number of nitro benzene ring substituents is 1. The van der Waals surface area contributed by atoms with Crippen molar-refractivity contribution in [2.45, 2.75) is 0 Å². The topological polar surface area (TPSA) is 123 Å². The van der Waals surface area contributed by atoms with Crippen LogP contribution in [-0.2, 0) is 0 Å². The first-order chi connectivity index (χ1) is 9.11. The molecule has 2 N–H and O–H groups in total. The number of hydrogen-bond donors (Lipinski definition) is 2. The molecule has 2 rings (SSSR count). The fourth-order valence-electron chi connectivity index (χ4n) is 1.39. The van der Waals surface area contributed by atoms with Crippen LogP contribution in [-0.4, -0.2) is 33.1 Å². The van der Waals surface area contributed by atoms with Gasteiger partial charge in [-0.3, -0.25) is 20.2 Å². The number of carbonyl (C=O) groups is 1. The molecule has 1 heterocycles. The number of aromatic amines is 1. The summed E-state index contributed by atoms with van der Waals surface area (Å²) in [4.78, 5) is 25.8. The van der Waals surface area contributed by atoms with Gasteiger partial charge in [0.1, 0.15) is 5.56 Å². The summed E-state index contributed by atoms with van der Waals surface area (Å²) in [7, 11) is 1.37. The number of methoxy groups -OCH3 is 1. The van der Waals surface area contributed by atoms with E-state index in [-0.39, 0.29) is 23.2 Å². The van der Waals surface area contributed by atoms with Crippen LogP contribution >= 0.6 is 0 Å². The van der Waals surface area contributed by atoms with E-state index in [9.17, 15) is 14.9 Å². The Hall–Kier alpha value is -2.97. The molecule has 9 heteroatoms. The van der Waals surface area contributed by atoms with Crippen LogP contribution < -0.4 is 10.1 Å². The van der Waals surface area contributed by atoms with Crippen molar-refractivity contribution in [3.8, 4) is 6.01 Å². The summed E-state index contributed by atoms with van der Waals surface area (Å²) < 4.78 is 4.73. The maximum Gasteiger partial charge on any atom is 0.336 e. The van der Waals surface area contributed by atoms with Crippen LogP contribution in [0.3, 0.4) is 0 Å². The molecule has 0 aliphatic rings. The number of H-pyrrole nitrogens is 1. The standard InChI is InChI=1S/C10H9N5O4/c1-19-10-12-9(13-14-10)11-8(16)6-4-2-3-5-7(6)15(17)18/h2-5H,1H3,(H2,11,12,13,14,16). The molecule has 98 valence electrons. The van der Waals surface area contributed by atoms with Gasteiger partial charge in [-0.05, 0) is 6.07 Å². The molecule has 0 aliphatic heterocycles. The highest BCUT2D eigenvalue weighted by Gasteiger charge is 2.20. The molecule has 0 fully saturated rings. The second-order valence-electron chi connectivity index (χ2n) is 3.40. The van der Waals surface area contributed by atoms with E-state index in [0.717, 1.165) is 0 Å². The predicted molar refractivity (Wildman–Crippen MR) is 64.0 cm³/mol. The summed E-state index contributed by atoms with van der Waals surface area (Å²) in [6.07, 6.45) is 0. The third kappa shape index (κ3) is 2.65.